The highest BCUT2D eigenvalue weighted by Gasteiger charge is 2.32. The topological polar surface area (TPSA) is 59.2 Å². The van der Waals surface area contributed by atoms with E-state index in [1.807, 2.05) is 4.90 Å². The average molecular weight is 247 g/mol. The molecule has 2 N–H and O–H groups in total. The van der Waals surface area contributed by atoms with Crippen LogP contribution in [0, 0.1) is 11.8 Å². The highest BCUT2D eigenvalue weighted by molar-refractivity contribution is 5.95. The van der Waals surface area contributed by atoms with Gasteiger partial charge < -0.3 is 10.6 Å². The van der Waals surface area contributed by atoms with Crippen molar-refractivity contribution in [3.8, 4) is 0 Å². The molecule has 2 rings (SSSR count). The summed E-state index contributed by atoms with van der Waals surface area (Å²) in [4.78, 5) is 18.4. The normalized spacial score (nSPS) is 28.2. The van der Waals surface area contributed by atoms with Crippen molar-refractivity contribution in [2.24, 2.45) is 11.8 Å². The summed E-state index contributed by atoms with van der Waals surface area (Å²) in [6, 6.07) is 3.66. The molecule has 4 heteroatoms. The van der Waals surface area contributed by atoms with Gasteiger partial charge in [-0.1, -0.05) is 13.8 Å². The zero-order valence-electron chi connectivity index (χ0n) is 11.3. The Labute approximate surface area is 108 Å². The monoisotopic (exact) mass is 247 g/mol. The van der Waals surface area contributed by atoms with Crippen molar-refractivity contribution >= 4 is 11.7 Å². The Morgan fingerprint density at radius 3 is 2.83 bits per heavy atom. The third-order valence-corrected chi connectivity index (χ3v) is 3.89. The average Bonchev–Trinajstić information content (AvgIpc) is 2.33. The van der Waals surface area contributed by atoms with Gasteiger partial charge in [-0.2, -0.15) is 0 Å². The van der Waals surface area contributed by atoms with Crippen LogP contribution in [0.3, 0.4) is 0 Å². The predicted molar refractivity (Wildman–Crippen MR) is 72.1 cm³/mol. The standard InChI is InChI=1S/C14H21N3O/c1-9-6-10(2)11(3)17(8-9)14(18)12-4-5-16-13(15)7-12/h4-5,7,9-11H,6,8H2,1-3H3,(H2,15,16). The van der Waals surface area contributed by atoms with Gasteiger partial charge in [-0.15, -0.1) is 0 Å². The predicted octanol–water partition coefficient (Wildman–Crippen LogP) is 2.17. The van der Waals surface area contributed by atoms with Crippen LogP contribution in [-0.4, -0.2) is 28.4 Å². The van der Waals surface area contributed by atoms with Crippen LogP contribution in [0.15, 0.2) is 18.3 Å². The zero-order valence-corrected chi connectivity index (χ0v) is 11.3. The van der Waals surface area contributed by atoms with Gasteiger partial charge in [-0.25, -0.2) is 4.98 Å². The van der Waals surface area contributed by atoms with Gasteiger partial charge in [-0.3, -0.25) is 4.79 Å². The second-order valence-electron chi connectivity index (χ2n) is 5.49. The highest BCUT2D eigenvalue weighted by atomic mass is 16.2. The van der Waals surface area contributed by atoms with E-state index in [0.29, 0.717) is 23.2 Å². The molecule has 3 atom stereocenters. The fraction of sp³-hybridized carbons (Fsp3) is 0.571. The number of hydrogen-bond donors (Lipinski definition) is 1. The first-order chi connectivity index (χ1) is 8.49. The van der Waals surface area contributed by atoms with E-state index < -0.39 is 0 Å². The van der Waals surface area contributed by atoms with Crippen LogP contribution in [0.2, 0.25) is 0 Å². The summed E-state index contributed by atoms with van der Waals surface area (Å²) in [6.07, 6.45) is 2.77. The van der Waals surface area contributed by atoms with Crippen LogP contribution in [0.5, 0.6) is 0 Å². The Bertz CT molecular complexity index is 446. The molecule has 0 radical (unpaired) electrons. The molecule has 1 saturated heterocycles. The summed E-state index contributed by atoms with van der Waals surface area (Å²) in [6.45, 7) is 7.36. The molecule has 18 heavy (non-hydrogen) atoms. The molecule has 1 fully saturated rings. The molecule has 1 aromatic heterocycles. The molecular formula is C14H21N3O. The number of nitrogen functional groups attached to an aromatic ring is 1. The van der Waals surface area contributed by atoms with Crippen LogP contribution in [0.1, 0.15) is 37.6 Å². The number of piperidine rings is 1. The number of pyridine rings is 1. The van der Waals surface area contributed by atoms with Gasteiger partial charge in [0.15, 0.2) is 0 Å². The molecule has 1 aromatic rings. The number of rotatable bonds is 1. The lowest BCUT2D eigenvalue weighted by Crippen LogP contribution is -2.48. The van der Waals surface area contributed by atoms with Crippen LogP contribution in [-0.2, 0) is 0 Å². The van der Waals surface area contributed by atoms with Crippen LogP contribution < -0.4 is 5.73 Å². The Morgan fingerprint density at radius 2 is 2.17 bits per heavy atom. The van der Waals surface area contributed by atoms with Gasteiger partial charge in [0.1, 0.15) is 5.82 Å². The minimum Gasteiger partial charge on any atom is -0.384 e. The smallest absolute Gasteiger partial charge is 0.254 e. The van der Waals surface area contributed by atoms with Gasteiger partial charge in [0.2, 0.25) is 0 Å². The first-order valence-corrected chi connectivity index (χ1v) is 6.51. The van der Waals surface area contributed by atoms with Crippen LogP contribution >= 0.6 is 0 Å². The summed E-state index contributed by atoms with van der Waals surface area (Å²) >= 11 is 0. The van der Waals surface area contributed by atoms with E-state index in [4.69, 9.17) is 5.73 Å². The number of anilines is 1. The number of amides is 1. The minimum absolute atomic E-state index is 0.0648. The Balaban J connectivity index is 2.22. The maximum atomic E-state index is 12.5. The van der Waals surface area contributed by atoms with Crippen molar-refractivity contribution in [1.82, 2.24) is 9.88 Å². The third kappa shape index (κ3) is 2.47. The number of hydrogen-bond acceptors (Lipinski definition) is 3. The molecule has 1 aliphatic heterocycles. The molecule has 4 nitrogen and oxygen atoms in total. The summed E-state index contributed by atoms with van der Waals surface area (Å²) in [5.41, 5.74) is 6.27. The minimum atomic E-state index is 0.0648. The van der Waals surface area contributed by atoms with Crippen molar-refractivity contribution in [1.29, 1.82) is 0 Å². The molecule has 1 aliphatic rings. The SMILES string of the molecule is CC1CC(C)C(C)N(C(=O)c2ccnc(N)c2)C1. The van der Waals surface area contributed by atoms with E-state index in [1.165, 1.54) is 6.42 Å². The van der Waals surface area contributed by atoms with Gasteiger partial charge in [0, 0.05) is 24.3 Å². The van der Waals surface area contributed by atoms with Crippen LogP contribution in [0.4, 0.5) is 5.82 Å². The van der Waals surface area contributed by atoms with Crippen molar-refractivity contribution in [3.63, 3.8) is 0 Å². The number of carbonyl (C=O) groups is 1. The van der Waals surface area contributed by atoms with Gasteiger partial charge >= 0.3 is 0 Å². The fourth-order valence-corrected chi connectivity index (χ4v) is 2.73. The zero-order chi connectivity index (χ0) is 13.3. The number of nitrogens with zero attached hydrogens (tertiary/aromatic N) is 2. The third-order valence-electron chi connectivity index (χ3n) is 3.89. The largest absolute Gasteiger partial charge is 0.384 e. The van der Waals surface area contributed by atoms with Crippen molar-refractivity contribution in [2.75, 3.05) is 12.3 Å². The van der Waals surface area contributed by atoms with Crippen molar-refractivity contribution in [3.05, 3.63) is 23.9 Å². The molecule has 0 aromatic carbocycles. The lowest BCUT2D eigenvalue weighted by atomic mass is 9.85. The van der Waals surface area contributed by atoms with Gasteiger partial charge in [-0.05, 0) is 37.3 Å². The second-order valence-corrected chi connectivity index (χ2v) is 5.49. The van der Waals surface area contributed by atoms with E-state index in [0.717, 1.165) is 6.54 Å². The maximum Gasteiger partial charge on any atom is 0.254 e. The molecule has 0 aliphatic carbocycles. The Hall–Kier alpha value is -1.58. The van der Waals surface area contributed by atoms with Crippen molar-refractivity contribution in [2.45, 2.75) is 33.2 Å². The van der Waals surface area contributed by atoms with Gasteiger partial charge in [0.05, 0.1) is 0 Å². The molecule has 98 valence electrons. The molecule has 3 unspecified atom stereocenters. The fourth-order valence-electron chi connectivity index (χ4n) is 2.73. The highest BCUT2D eigenvalue weighted by Crippen LogP contribution is 2.28. The first-order valence-electron chi connectivity index (χ1n) is 6.51. The summed E-state index contributed by atoms with van der Waals surface area (Å²) in [5.74, 6) is 1.55. The lowest BCUT2D eigenvalue weighted by molar-refractivity contribution is 0.0455. The van der Waals surface area contributed by atoms with E-state index in [2.05, 4.69) is 25.8 Å². The maximum absolute atomic E-state index is 12.5. The van der Waals surface area contributed by atoms with E-state index in [1.54, 1.807) is 18.3 Å². The van der Waals surface area contributed by atoms with E-state index >= 15 is 0 Å². The van der Waals surface area contributed by atoms with Crippen LogP contribution in [0.25, 0.3) is 0 Å². The van der Waals surface area contributed by atoms with Gasteiger partial charge in [0.25, 0.3) is 5.91 Å². The summed E-state index contributed by atoms with van der Waals surface area (Å²) in [7, 11) is 0. The molecule has 1 amide bonds. The number of likely N-dealkylation sites (tertiary alicyclic amines) is 1. The van der Waals surface area contributed by atoms with E-state index in [-0.39, 0.29) is 11.9 Å². The lowest BCUT2D eigenvalue weighted by Gasteiger charge is -2.41. The number of carbonyl (C=O) groups excluding carboxylic acids is 1. The quantitative estimate of drug-likeness (QED) is 0.827. The molecule has 2 heterocycles. The molecule has 0 spiro atoms. The molecule has 0 saturated carbocycles. The Morgan fingerprint density at radius 1 is 1.44 bits per heavy atom. The van der Waals surface area contributed by atoms with E-state index in [9.17, 15) is 4.79 Å². The summed E-state index contributed by atoms with van der Waals surface area (Å²) in [5, 5.41) is 0. The number of aromatic nitrogens is 1. The molecular weight excluding hydrogens is 226 g/mol. The van der Waals surface area contributed by atoms with Crippen molar-refractivity contribution < 1.29 is 4.79 Å². The second kappa shape index (κ2) is 4.96. The Kier molecular flexibility index (Phi) is 3.55. The number of nitrogens with two attached hydrogens (primary N) is 1. The summed E-state index contributed by atoms with van der Waals surface area (Å²) < 4.78 is 0. The molecule has 0 bridgehead atoms. The first kappa shape index (κ1) is 12.9.